The van der Waals surface area contributed by atoms with Crippen molar-refractivity contribution in [2.75, 3.05) is 19.6 Å². The van der Waals surface area contributed by atoms with E-state index in [2.05, 4.69) is 25.9 Å². The second kappa shape index (κ2) is 13.9. The van der Waals surface area contributed by atoms with Gasteiger partial charge in [-0.25, -0.2) is 0 Å². The first-order chi connectivity index (χ1) is 21.0. The van der Waals surface area contributed by atoms with Gasteiger partial charge >= 0.3 is 0 Å². The largest absolute Gasteiger partial charge is 0.351 e. The Morgan fingerprint density at radius 3 is 2.41 bits per heavy atom. The molecule has 1 aromatic heterocycles. The number of aromatic nitrogens is 2. The third-order valence-corrected chi connectivity index (χ3v) is 9.81. The van der Waals surface area contributed by atoms with E-state index in [1.807, 2.05) is 37.8 Å². The lowest BCUT2D eigenvalue weighted by atomic mass is 9.63. The van der Waals surface area contributed by atoms with Crippen molar-refractivity contribution in [3.8, 4) is 0 Å². The van der Waals surface area contributed by atoms with Crippen molar-refractivity contribution < 1.29 is 14.4 Å². The number of halogens is 1. The molecule has 5 rings (SSSR count). The van der Waals surface area contributed by atoms with Crippen LogP contribution in [0.1, 0.15) is 95.1 Å². The van der Waals surface area contributed by atoms with E-state index in [4.69, 9.17) is 11.6 Å². The van der Waals surface area contributed by atoms with Gasteiger partial charge in [0, 0.05) is 61.9 Å². The first-order valence-electron chi connectivity index (χ1n) is 16.2. The monoisotopic (exact) mass is 622 g/mol. The molecule has 1 aromatic carbocycles. The molecule has 3 amide bonds. The lowest BCUT2D eigenvalue weighted by molar-refractivity contribution is -0.147. The van der Waals surface area contributed by atoms with Crippen LogP contribution < -0.4 is 16.0 Å². The first-order valence-corrected chi connectivity index (χ1v) is 16.6. The Balaban J connectivity index is 1.31. The summed E-state index contributed by atoms with van der Waals surface area (Å²) in [5.74, 6) is 0.123. The molecular formula is C34H47ClN6O3. The van der Waals surface area contributed by atoms with Crippen LogP contribution in [-0.4, -0.2) is 63.8 Å². The molecule has 2 atom stereocenters. The Kier molecular flexibility index (Phi) is 10.3. The maximum Gasteiger partial charge on any atom is 0.245 e. The van der Waals surface area contributed by atoms with Crippen LogP contribution >= 0.6 is 11.6 Å². The van der Waals surface area contributed by atoms with Crippen molar-refractivity contribution in [3.63, 3.8) is 0 Å². The minimum Gasteiger partial charge on any atom is -0.351 e. The Bertz CT molecular complexity index is 1310. The standard InChI is InChI=1S/C34H47ClN6O3/c1-33(2,3)40-32(44)34(24-7-5-4-6-8-24)14-19-41(20-15-34)31(43)28(21-23-9-11-25(35)12-10-23)39-29(42)22-27-30-26(13-16-36-27)37-17-18-38-30/h9-12,17-18,24,27-28,36H,4-8,13-16,19-22H2,1-3H3,(H,39,42)(H,40,44)/t27?,28-/m1/s1. The third kappa shape index (κ3) is 7.78. The number of rotatable bonds is 8. The summed E-state index contributed by atoms with van der Waals surface area (Å²) in [6.45, 7) is 7.78. The second-order valence-corrected chi connectivity index (χ2v) is 14.3. The molecule has 1 saturated carbocycles. The van der Waals surface area contributed by atoms with E-state index in [1.54, 1.807) is 24.5 Å². The normalized spacial score (nSPS) is 21.2. The maximum absolute atomic E-state index is 14.1. The summed E-state index contributed by atoms with van der Waals surface area (Å²) in [6.07, 6.45) is 11.5. The average molecular weight is 623 g/mol. The van der Waals surface area contributed by atoms with Crippen LogP contribution in [0.4, 0.5) is 0 Å². The lowest BCUT2D eigenvalue weighted by Crippen LogP contribution is -2.59. The van der Waals surface area contributed by atoms with Crippen LogP contribution in [0.25, 0.3) is 0 Å². The van der Waals surface area contributed by atoms with Gasteiger partial charge in [-0.15, -0.1) is 0 Å². The molecule has 0 radical (unpaired) electrons. The van der Waals surface area contributed by atoms with Crippen molar-refractivity contribution in [2.45, 2.75) is 103 Å². The van der Waals surface area contributed by atoms with Gasteiger partial charge in [-0.1, -0.05) is 43.0 Å². The highest BCUT2D eigenvalue weighted by Gasteiger charge is 2.49. The van der Waals surface area contributed by atoms with E-state index < -0.39 is 11.5 Å². The number of carbonyl (C=O) groups is 3. The molecule has 3 heterocycles. The van der Waals surface area contributed by atoms with Crippen LogP contribution in [0.3, 0.4) is 0 Å². The third-order valence-electron chi connectivity index (χ3n) is 9.56. The number of carbonyl (C=O) groups excluding carboxylic acids is 3. The predicted molar refractivity (Wildman–Crippen MR) is 171 cm³/mol. The van der Waals surface area contributed by atoms with E-state index >= 15 is 0 Å². The SMILES string of the molecule is CC(C)(C)NC(=O)C1(C2CCCCC2)CCN(C(=O)[C@@H](Cc2ccc(Cl)cc2)NC(=O)CC2NCCc3nccnc32)CC1. The molecule has 3 aliphatic rings. The fraction of sp³-hybridized carbons (Fsp3) is 0.618. The van der Waals surface area contributed by atoms with E-state index in [9.17, 15) is 14.4 Å². The van der Waals surface area contributed by atoms with Gasteiger partial charge in [0.15, 0.2) is 0 Å². The molecule has 1 saturated heterocycles. The number of amides is 3. The van der Waals surface area contributed by atoms with Gasteiger partial charge in [0.25, 0.3) is 0 Å². The molecule has 10 heteroatoms. The van der Waals surface area contributed by atoms with Crippen LogP contribution in [-0.2, 0) is 27.2 Å². The summed E-state index contributed by atoms with van der Waals surface area (Å²) in [4.78, 5) is 52.2. The molecule has 2 fully saturated rings. The second-order valence-electron chi connectivity index (χ2n) is 13.8. The molecule has 238 valence electrons. The van der Waals surface area contributed by atoms with Gasteiger partial charge in [0.1, 0.15) is 6.04 Å². The summed E-state index contributed by atoms with van der Waals surface area (Å²) >= 11 is 6.13. The minimum atomic E-state index is -0.737. The molecule has 9 nitrogen and oxygen atoms in total. The quantitative estimate of drug-likeness (QED) is 0.398. The fourth-order valence-electron chi connectivity index (χ4n) is 7.27. The highest BCUT2D eigenvalue weighted by Crippen LogP contribution is 2.46. The highest BCUT2D eigenvalue weighted by atomic mass is 35.5. The number of piperidine rings is 1. The topological polar surface area (TPSA) is 116 Å². The summed E-state index contributed by atoms with van der Waals surface area (Å²) in [6, 6.07) is 6.39. The number of hydrogen-bond donors (Lipinski definition) is 3. The zero-order valence-electron chi connectivity index (χ0n) is 26.3. The lowest BCUT2D eigenvalue weighted by Gasteiger charge is -2.48. The van der Waals surface area contributed by atoms with E-state index in [0.29, 0.717) is 43.3 Å². The van der Waals surface area contributed by atoms with Crippen LogP contribution in [0.5, 0.6) is 0 Å². The van der Waals surface area contributed by atoms with Crippen LogP contribution in [0.15, 0.2) is 36.7 Å². The van der Waals surface area contributed by atoms with Crippen LogP contribution in [0.2, 0.25) is 5.02 Å². The summed E-state index contributed by atoms with van der Waals surface area (Å²) in [5, 5.41) is 10.3. The number of nitrogens with zero attached hydrogens (tertiary/aromatic N) is 3. The van der Waals surface area contributed by atoms with Gasteiger partial charge in [-0.2, -0.15) is 0 Å². The number of nitrogens with one attached hydrogen (secondary N) is 3. The predicted octanol–water partition coefficient (Wildman–Crippen LogP) is 4.54. The van der Waals surface area contributed by atoms with Gasteiger partial charge < -0.3 is 20.9 Å². The molecular weight excluding hydrogens is 576 g/mol. The molecule has 2 aromatic rings. The van der Waals surface area contributed by atoms with E-state index in [1.165, 1.54) is 6.42 Å². The number of benzene rings is 1. The number of hydrogen-bond acceptors (Lipinski definition) is 6. The minimum absolute atomic E-state index is 0.112. The molecule has 44 heavy (non-hydrogen) atoms. The fourth-order valence-corrected chi connectivity index (χ4v) is 7.40. The van der Waals surface area contributed by atoms with E-state index in [0.717, 1.165) is 55.6 Å². The Morgan fingerprint density at radius 2 is 1.73 bits per heavy atom. The Hall–Kier alpha value is -3.04. The van der Waals surface area contributed by atoms with Crippen molar-refractivity contribution in [3.05, 3.63) is 58.6 Å². The van der Waals surface area contributed by atoms with Crippen molar-refractivity contribution >= 4 is 29.3 Å². The van der Waals surface area contributed by atoms with Crippen molar-refractivity contribution in [1.29, 1.82) is 0 Å². The van der Waals surface area contributed by atoms with E-state index in [-0.39, 0.29) is 35.7 Å². The zero-order valence-corrected chi connectivity index (χ0v) is 27.1. The van der Waals surface area contributed by atoms with Crippen molar-refractivity contribution in [1.82, 2.24) is 30.8 Å². The molecule has 0 spiro atoms. The molecule has 0 bridgehead atoms. The molecule has 2 aliphatic heterocycles. The van der Waals surface area contributed by atoms with Gasteiger partial charge in [-0.3, -0.25) is 24.4 Å². The zero-order chi connectivity index (χ0) is 31.3. The Morgan fingerprint density at radius 1 is 1.05 bits per heavy atom. The van der Waals surface area contributed by atoms with Gasteiger partial charge in [-0.05, 0) is 70.1 Å². The summed E-state index contributed by atoms with van der Waals surface area (Å²) in [5.41, 5.74) is 1.82. The molecule has 1 aliphatic carbocycles. The van der Waals surface area contributed by atoms with Gasteiger partial charge in [0.2, 0.25) is 17.7 Å². The van der Waals surface area contributed by atoms with Crippen molar-refractivity contribution in [2.24, 2.45) is 11.3 Å². The van der Waals surface area contributed by atoms with Gasteiger partial charge in [0.05, 0.1) is 22.8 Å². The summed E-state index contributed by atoms with van der Waals surface area (Å²) < 4.78 is 0. The average Bonchev–Trinajstić information content (AvgIpc) is 3.01. The Labute approximate surface area is 266 Å². The summed E-state index contributed by atoms with van der Waals surface area (Å²) in [7, 11) is 0. The van der Waals surface area contributed by atoms with Crippen LogP contribution in [0, 0.1) is 11.3 Å². The maximum atomic E-state index is 14.1. The number of fused-ring (bicyclic) bond motifs is 1. The molecule has 3 N–H and O–H groups in total. The highest BCUT2D eigenvalue weighted by molar-refractivity contribution is 6.30. The number of likely N-dealkylation sites (tertiary alicyclic amines) is 1. The molecule has 1 unspecified atom stereocenters. The first kappa shape index (κ1) is 32.4. The smallest absolute Gasteiger partial charge is 0.245 e.